The molecule has 0 atom stereocenters. The highest BCUT2D eigenvalue weighted by atomic mass is 16.5. The first-order valence-electron chi connectivity index (χ1n) is 7.61. The Balaban J connectivity index is 2.16. The lowest BCUT2D eigenvalue weighted by molar-refractivity contribution is 0.415. The molecule has 0 amide bonds. The highest BCUT2D eigenvalue weighted by Gasteiger charge is 2.16. The predicted molar refractivity (Wildman–Crippen MR) is 93.2 cm³/mol. The zero-order valence-corrected chi connectivity index (χ0v) is 13.8. The number of hydrogen-bond donors (Lipinski definition) is 0. The number of methoxy groups -OCH3 is 1. The second-order valence-electron chi connectivity index (χ2n) is 6.66. The molecule has 0 unspecified atom stereocenters. The van der Waals surface area contributed by atoms with Crippen molar-refractivity contribution >= 4 is 11.0 Å². The molecule has 2 aromatic carbocycles. The Morgan fingerprint density at radius 1 is 0.957 bits per heavy atom. The normalized spacial score (nSPS) is 11.7. The molecule has 0 radical (unpaired) electrons. The number of fused-ring (bicyclic) bond motifs is 1. The predicted octanol–water partition coefficient (Wildman–Crippen LogP) is 4.77. The number of hydrogen-bond acceptors (Lipinski definition) is 3. The first kappa shape index (κ1) is 15.3. The minimum Gasteiger partial charge on any atom is -0.497 e. The van der Waals surface area contributed by atoms with Crippen LogP contribution in [-0.2, 0) is 5.41 Å². The Bertz CT molecular complexity index is 897. The molecule has 1 aromatic heterocycles. The van der Waals surface area contributed by atoms with E-state index in [1.807, 2.05) is 42.5 Å². The zero-order chi connectivity index (χ0) is 16.6. The second kappa shape index (κ2) is 5.58. The summed E-state index contributed by atoms with van der Waals surface area (Å²) in [6, 6.07) is 14.8. The summed E-state index contributed by atoms with van der Waals surface area (Å²) in [7, 11) is 1.62. The van der Waals surface area contributed by atoms with E-state index in [4.69, 9.17) is 9.15 Å². The van der Waals surface area contributed by atoms with Crippen LogP contribution in [0.25, 0.3) is 22.3 Å². The van der Waals surface area contributed by atoms with Crippen molar-refractivity contribution in [2.24, 2.45) is 0 Å². The molecule has 0 saturated heterocycles. The standard InChI is InChI=1S/C20H20O3/c1-20(2,3)14-7-10-16-17(21)12-18(23-19(16)11-14)13-5-8-15(22-4)9-6-13/h5-12H,1-4H3. The summed E-state index contributed by atoms with van der Waals surface area (Å²) in [5.41, 5.74) is 2.59. The van der Waals surface area contributed by atoms with Crippen molar-refractivity contribution in [3.63, 3.8) is 0 Å². The van der Waals surface area contributed by atoms with Gasteiger partial charge in [0.05, 0.1) is 12.5 Å². The molecule has 0 saturated carbocycles. The van der Waals surface area contributed by atoms with Gasteiger partial charge in [0.1, 0.15) is 17.1 Å². The Labute approximate surface area is 135 Å². The van der Waals surface area contributed by atoms with E-state index < -0.39 is 0 Å². The van der Waals surface area contributed by atoms with E-state index in [1.54, 1.807) is 13.2 Å². The van der Waals surface area contributed by atoms with Gasteiger partial charge in [0.25, 0.3) is 0 Å². The van der Waals surface area contributed by atoms with Crippen LogP contribution in [0.5, 0.6) is 5.75 Å². The fourth-order valence-corrected chi connectivity index (χ4v) is 2.52. The summed E-state index contributed by atoms with van der Waals surface area (Å²) in [6.07, 6.45) is 0. The molecule has 3 heteroatoms. The highest BCUT2D eigenvalue weighted by Crippen LogP contribution is 2.28. The molecule has 0 N–H and O–H groups in total. The minimum atomic E-state index is -0.0301. The summed E-state index contributed by atoms with van der Waals surface area (Å²) in [5.74, 6) is 1.34. The average molecular weight is 308 g/mol. The molecule has 0 aliphatic carbocycles. The van der Waals surface area contributed by atoms with Gasteiger partial charge in [-0.1, -0.05) is 26.8 Å². The molecular weight excluding hydrogens is 288 g/mol. The van der Waals surface area contributed by atoms with Gasteiger partial charge in [0, 0.05) is 11.6 Å². The number of ether oxygens (including phenoxy) is 1. The maximum absolute atomic E-state index is 12.4. The molecule has 0 fully saturated rings. The Kier molecular flexibility index (Phi) is 3.72. The zero-order valence-electron chi connectivity index (χ0n) is 13.8. The summed E-state index contributed by atoms with van der Waals surface area (Å²) in [5, 5.41) is 0.607. The van der Waals surface area contributed by atoms with Gasteiger partial charge in [-0.15, -0.1) is 0 Å². The average Bonchev–Trinajstić information content (AvgIpc) is 2.53. The van der Waals surface area contributed by atoms with E-state index in [-0.39, 0.29) is 10.8 Å². The molecule has 23 heavy (non-hydrogen) atoms. The number of benzene rings is 2. The third-order valence-electron chi connectivity index (χ3n) is 3.97. The van der Waals surface area contributed by atoms with Gasteiger partial charge in [-0.05, 0) is 47.4 Å². The lowest BCUT2D eigenvalue weighted by Gasteiger charge is -2.19. The fourth-order valence-electron chi connectivity index (χ4n) is 2.52. The van der Waals surface area contributed by atoms with Crippen molar-refractivity contribution in [1.82, 2.24) is 0 Å². The maximum atomic E-state index is 12.4. The van der Waals surface area contributed by atoms with Crippen LogP contribution >= 0.6 is 0 Å². The second-order valence-corrected chi connectivity index (χ2v) is 6.66. The maximum Gasteiger partial charge on any atom is 0.193 e. The van der Waals surface area contributed by atoms with Crippen molar-refractivity contribution in [3.8, 4) is 17.1 Å². The molecule has 3 nitrogen and oxygen atoms in total. The van der Waals surface area contributed by atoms with Crippen LogP contribution in [0.1, 0.15) is 26.3 Å². The van der Waals surface area contributed by atoms with Crippen molar-refractivity contribution in [3.05, 3.63) is 64.3 Å². The van der Waals surface area contributed by atoms with Crippen molar-refractivity contribution in [1.29, 1.82) is 0 Å². The molecule has 3 aromatic rings. The molecule has 0 spiro atoms. The third kappa shape index (κ3) is 3.00. The van der Waals surface area contributed by atoms with E-state index in [0.717, 1.165) is 16.9 Å². The van der Waals surface area contributed by atoms with Crippen LogP contribution in [0.2, 0.25) is 0 Å². The Hall–Kier alpha value is -2.55. The fraction of sp³-hybridized carbons (Fsp3) is 0.250. The van der Waals surface area contributed by atoms with Gasteiger partial charge in [0.15, 0.2) is 5.43 Å². The van der Waals surface area contributed by atoms with E-state index in [2.05, 4.69) is 20.8 Å². The van der Waals surface area contributed by atoms with Crippen LogP contribution in [0.15, 0.2) is 57.7 Å². The van der Waals surface area contributed by atoms with E-state index in [9.17, 15) is 4.79 Å². The Morgan fingerprint density at radius 2 is 1.65 bits per heavy atom. The van der Waals surface area contributed by atoms with Crippen LogP contribution in [0.3, 0.4) is 0 Å². The first-order valence-corrected chi connectivity index (χ1v) is 7.61. The molecule has 0 bridgehead atoms. The van der Waals surface area contributed by atoms with Crippen LogP contribution in [0, 0.1) is 0 Å². The lowest BCUT2D eigenvalue weighted by atomic mass is 9.87. The van der Waals surface area contributed by atoms with Gasteiger partial charge in [-0.3, -0.25) is 4.79 Å². The van der Waals surface area contributed by atoms with E-state index >= 15 is 0 Å². The quantitative estimate of drug-likeness (QED) is 0.685. The van der Waals surface area contributed by atoms with E-state index in [1.165, 1.54) is 0 Å². The molecule has 1 heterocycles. The molecule has 0 aliphatic heterocycles. The minimum absolute atomic E-state index is 0.00285. The molecular formula is C20H20O3. The molecule has 3 rings (SSSR count). The third-order valence-corrected chi connectivity index (χ3v) is 3.97. The number of rotatable bonds is 2. The van der Waals surface area contributed by atoms with Gasteiger partial charge >= 0.3 is 0 Å². The topological polar surface area (TPSA) is 39.4 Å². The van der Waals surface area contributed by atoms with Gasteiger partial charge in [-0.25, -0.2) is 0 Å². The van der Waals surface area contributed by atoms with Crippen LogP contribution in [0.4, 0.5) is 0 Å². The Morgan fingerprint density at radius 3 is 2.26 bits per heavy atom. The smallest absolute Gasteiger partial charge is 0.193 e. The van der Waals surface area contributed by atoms with Gasteiger partial charge < -0.3 is 9.15 Å². The summed E-state index contributed by atoms with van der Waals surface area (Å²) in [6.45, 7) is 6.42. The summed E-state index contributed by atoms with van der Waals surface area (Å²) in [4.78, 5) is 12.4. The first-order chi connectivity index (χ1) is 10.9. The van der Waals surface area contributed by atoms with Crippen molar-refractivity contribution in [2.45, 2.75) is 26.2 Å². The van der Waals surface area contributed by atoms with Crippen molar-refractivity contribution in [2.75, 3.05) is 7.11 Å². The lowest BCUT2D eigenvalue weighted by Crippen LogP contribution is -2.11. The van der Waals surface area contributed by atoms with Gasteiger partial charge in [0.2, 0.25) is 0 Å². The van der Waals surface area contributed by atoms with E-state index in [0.29, 0.717) is 16.7 Å². The monoisotopic (exact) mass is 308 g/mol. The molecule has 118 valence electrons. The molecule has 0 aliphatic rings. The van der Waals surface area contributed by atoms with Gasteiger partial charge in [-0.2, -0.15) is 0 Å². The summed E-state index contributed by atoms with van der Waals surface area (Å²) < 4.78 is 11.2. The summed E-state index contributed by atoms with van der Waals surface area (Å²) >= 11 is 0. The largest absolute Gasteiger partial charge is 0.497 e. The SMILES string of the molecule is COc1ccc(-c2cc(=O)c3ccc(C(C)(C)C)cc3o2)cc1. The van der Waals surface area contributed by atoms with Crippen LogP contribution in [-0.4, -0.2) is 7.11 Å². The highest BCUT2D eigenvalue weighted by molar-refractivity contribution is 5.79. The van der Waals surface area contributed by atoms with Crippen LogP contribution < -0.4 is 10.2 Å². The van der Waals surface area contributed by atoms with Crippen molar-refractivity contribution < 1.29 is 9.15 Å².